The van der Waals surface area contributed by atoms with E-state index in [4.69, 9.17) is 5.14 Å². The van der Waals surface area contributed by atoms with Gasteiger partial charge in [0.2, 0.25) is 20.0 Å². The second kappa shape index (κ2) is 6.97. The molecular weight excluding hydrogens is 336 g/mol. The van der Waals surface area contributed by atoms with Crippen molar-refractivity contribution >= 4 is 30.8 Å². The van der Waals surface area contributed by atoms with Gasteiger partial charge in [-0.25, -0.2) is 26.7 Å². The maximum Gasteiger partial charge on any atom is 0.240 e. The van der Waals surface area contributed by atoms with E-state index < -0.39 is 30.8 Å². The fraction of sp³-hybridized carbons (Fsp3) is 0.455. The van der Waals surface area contributed by atoms with Crippen LogP contribution in [-0.4, -0.2) is 39.1 Å². The average molecular weight is 354 g/mol. The third kappa shape index (κ3) is 5.47. The summed E-state index contributed by atoms with van der Waals surface area (Å²) in [5, 5.41) is 4.83. The van der Waals surface area contributed by atoms with Gasteiger partial charge in [-0.1, -0.05) is 13.0 Å². The molecule has 2 unspecified atom stereocenters. The van der Waals surface area contributed by atoms with Gasteiger partial charge in [0.05, 0.1) is 9.79 Å². The number of nitrogens with one attached hydrogen (secondary N) is 1. The first-order valence-electron chi connectivity index (χ1n) is 5.99. The minimum atomic E-state index is -3.96. The van der Waals surface area contributed by atoms with Gasteiger partial charge in [-0.15, -0.1) is 0 Å². The summed E-state index contributed by atoms with van der Waals surface area (Å²) in [6.45, 7) is 1.87. The van der Waals surface area contributed by atoms with Crippen LogP contribution in [0, 0.1) is 0 Å². The van der Waals surface area contributed by atoms with Crippen LogP contribution in [0.15, 0.2) is 34.1 Å². The zero-order valence-corrected chi connectivity index (χ0v) is 14.1. The molecule has 0 aliphatic heterocycles. The second-order valence-corrected chi connectivity index (χ2v) is 9.65. The Bertz CT molecular complexity index is 728. The minimum absolute atomic E-state index is 0.114. The first kappa shape index (κ1) is 18.2. The van der Waals surface area contributed by atoms with Gasteiger partial charge < -0.3 is 0 Å². The summed E-state index contributed by atoms with van der Waals surface area (Å²) in [5.74, 6) is 0. The van der Waals surface area contributed by atoms with Crippen molar-refractivity contribution in [2.75, 3.05) is 12.8 Å². The monoisotopic (exact) mass is 354 g/mol. The molecule has 1 aromatic carbocycles. The van der Waals surface area contributed by atoms with E-state index in [0.29, 0.717) is 6.42 Å². The summed E-state index contributed by atoms with van der Waals surface area (Å²) in [7, 11) is -8.83. The van der Waals surface area contributed by atoms with E-state index in [2.05, 4.69) is 4.72 Å². The highest BCUT2D eigenvalue weighted by Crippen LogP contribution is 2.14. The molecule has 120 valence electrons. The Morgan fingerprint density at radius 3 is 2.33 bits per heavy atom. The third-order valence-electron chi connectivity index (χ3n) is 2.85. The lowest BCUT2D eigenvalue weighted by molar-refractivity contribution is 0.577. The number of rotatable bonds is 7. The molecule has 1 rings (SSSR count). The molecule has 0 aliphatic rings. The van der Waals surface area contributed by atoms with Crippen molar-refractivity contribution in [2.24, 2.45) is 5.14 Å². The van der Waals surface area contributed by atoms with Gasteiger partial charge in [-0.2, -0.15) is 0 Å². The molecule has 0 spiro atoms. The zero-order valence-electron chi connectivity index (χ0n) is 11.6. The van der Waals surface area contributed by atoms with E-state index >= 15 is 0 Å². The zero-order chi connectivity index (χ0) is 16.3. The largest absolute Gasteiger partial charge is 0.260 e. The van der Waals surface area contributed by atoms with E-state index in [1.54, 1.807) is 13.2 Å². The topological polar surface area (TPSA) is 123 Å². The van der Waals surface area contributed by atoms with Crippen LogP contribution in [0.25, 0.3) is 0 Å². The Balaban J connectivity index is 2.87. The van der Waals surface area contributed by atoms with Crippen LogP contribution in [-0.2, 0) is 30.8 Å². The number of nitrogens with two attached hydrogens (primary N) is 1. The summed E-state index contributed by atoms with van der Waals surface area (Å²) in [6, 6.07) is 4.80. The van der Waals surface area contributed by atoms with Gasteiger partial charge >= 0.3 is 0 Å². The number of benzene rings is 1. The minimum Gasteiger partial charge on any atom is -0.260 e. The smallest absolute Gasteiger partial charge is 0.240 e. The normalized spacial score (nSPS) is 15.6. The Morgan fingerprint density at radius 1 is 1.24 bits per heavy atom. The molecule has 0 heterocycles. The molecule has 7 nitrogen and oxygen atoms in total. The van der Waals surface area contributed by atoms with Crippen molar-refractivity contribution in [3.05, 3.63) is 24.3 Å². The Labute approximate surface area is 127 Å². The molecule has 0 radical (unpaired) electrons. The number of hydrogen-bond acceptors (Lipinski definition) is 5. The van der Waals surface area contributed by atoms with Crippen LogP contribution in [0.5, 0.6) is 0 Å². The van der Waals surface area contributed by atoms with Crippen LogP contribution in [0.1, 0.15) is 13.3 Å². The van der Waals surface area contributed by atoms with E-state index in [0.717, 1.165) is 6.07 Å². The molecule has 3 N–H and O–H groups in total. The number of sulfonamides is 2. The second-order valence-electron chi connectivity index (χ2n) is 4.52. The maximum atomic E-state index is 12.0. The van der Waals surface area contributed by atoms with Crippen LogP contribution < -0.4 is 9.86 Å². The number of primary sulfonamides is 1. The van der Waals surface area contributed by atoms with E-state index in [1.165, 1.54) is 18.2 Å². The number of hydrogen-bond donors (Lipinski definition) is 2. The van der Waals surface area contributed by atoms with Gasteiger partial charge in [0.1, 0.15) is 0 Å². The van der Waals surface area contributed by atoms with E-state index in [-0.39, 0.29) is 21.6 Å². The van der Waals surface area contributed by atoms with E-state index in [9.17, 15) is 21.0 Å². The van der Waals surface area contributed by atoms with Crippen molar-refractivity contribution in [3.63, 3.8) is 0 Å². The molecule has 0 aromatic heterocycles. The summed E-state index contributed by atoms with van der Waals surface area (Å²) in [5.41, 5.74) is 0. The Morgan fingerprint density at radius 2 is 1.81 bits per heavy atom. The Kier molecular flexibility index (Phi) is 6.05. The molecule has 0 fully saturated rings. The van der Waals surface area contributed by atoms with Crippen molar-refractivity contribution in [3.8, 4) is 0 Å². The van der Waals surface area contributed by atoms with Crippen LogP contribution in [0.3, 0.4) is 0 Å². The summed E-state index contributed by atoms with van der Waals surface area (Å²) < 4.78 is 60.0. The molecule has 10 heteroatoms. The third-order valence-corrected chi connectivity index (χ3v) is 6.59. The summed E-state index contributed by atoms with van der Waals surface area (Å²) >= 11 is 0. The molecule has 0 bridgehead atoms. The lowest BCUT2D eigenvalue weighted by Gasteiger charge is -2.10. The van der Waals surface area contributed by atoms with Crippen LogP contribution >= 0.6 is 0 Å². The first-order chi connectivity index (χ1) is 9.54. The maximum absolute atomic E-state index is 12.0. The van der Waals surface area contributed by atoms with Gasteiger partial charge in [-0.3, -0.25) is 4.21 Å². The first-order valence-corrected chi connectivity index (χ1v) is 10.6. The van der Waals surface area contributed by atoms with Crippen LogP contribution in [0.4, 0.5) is 0 Å². The predicted octanol–water partition coefficient (Wildman–Crippen LogP) is -0.231. The van der Waals surface area contributed by atoms with Gasteiger partial charge in [0, 0.05) is 28.9 Å². The molecule has 21 heavy (non-hydrogen) atoms. The lowest BCUT2D eigenvalue weighted by Crippen LogP contribution is -2.28. The molecule has 2 atom stereocenters. The van der Waals surface area contributed by atoms with Crippen molar-refractivity contribution in [1.82, 2.24) is 4.72 Å². The standard InChI is InChI=1S/C11H18N2O5S3/c1-9(19(2)14)6-7-13-21(17,18)11-5-3-4-10(8-11)20(12,15)16/h3-5,8-9,13H,6-7H2,1-2H3,(H2,12,15,16). The fourth-order valence-corrected chi connectivity index (χ4v) is 3.64. The molecule has 0 amide bonds. The average Bonchev–Trinajstić information content (AvgIpc) is 2.37. The van der Waals surface area contributed by atoms with Crippen LogP contribution in [0.2, 0.25) is 0 Å². The fourth-order valence-electron chi connectivity index (χ4n) is 1.46. The molecule has 0 aliphatic carbocycles. The molecule has 0 saturated carbocycles. The Hall–Kier alpha value is -0.810. The SMILES string of the molecule is CC(CCNS(=O)(=O)c1cccc(S(N)(=O)=O)c1)S(C)=O. The highest BCUT2D eigenvalue weighted by molar-refractivity contribution is 7.90. The summed E-state index contributed by atoms with van der Waals surface area (Å²) in [4.78, 5) is -0.451. The van der Waals surface area contributed by atoms with Gasteiger partial charge in [0.25, 0.3) is 0 Å². The van der Waals surface area contributed by atoms with Crippen molar-refractivity contribution < 1.29 is 21.0 Å². The highest BCUT2D eigenvalue weighted by atomic mass is 32.2. The molecule has 0 saturated heterocycles. The van der Waals surface area contributed by atoms with Crippen molar-refractivity contribution in [1.29, 1.82) is 0 Å². The lowest BCUT2D eigenvalue weighted by atomic mass is 10.3. The molecule has 1 aromatic rings. The highest BCUT2D eigenvalue weighted by Gasteiger charge is 2.17. The quantitative estimate of drug-likeness (QED) is 0.700. The van der Waals surface area contributed by atoms with Crippen molar-refractivity contribution in [2.45, 2.75) is 28.4 Å². The van der Waals surface area contributed by atoms with Gasteiger partial charge in [0.15, 0.2) is 0 Å². The summed E-state index contributed by atoms with van der Waals surface area (Å²) in [6.07, 6.45) is 1.96. The van der Waals surface area contributed by atoms with E-state index in [1.807, 2.05) is 0 Å². The molecular formula is C11H18N2O5S3. The predicted molar refractivity (Wildman–Crippen MR) is 81.1 cm³/mol. The van der Waals surface area contributed by atoms with Gasteiger partial charge in [-0.05, 0) is 24.6 Å².